The number of methoxy groups -OCH3 is 1. The van der Waals surface area contributed by atoms with Gasteiger partial charge in [0, 0.05) is 24.4 Å². The number of ether oxygens (including phenoxy) is 4. The van der Waals surface area contributed by atoms with Gasteiger partial charge in [-0.05, 0) is 63.1 Å². The van der Waals surface area contributed by atoms with Gasteiger partial charge in [0.15, 0.2) is 0 Å². The fraction of sp³-hybridized carbons (Fsp3) is 0.481. The predicted molar refractivity (Wildman–Crippen MR) is 130 cm³/mol. The number of unbranched alkanes of at least 4 members (excludes halogenated alkanes) is 1. The maximum atomic E-state index is 6.40. The van der Waals surface area contributed by atoms with E-state index in [1.165, 1.54) is 5.56 Å². The third kappa shape index (κ3) is 6.05. The minimum absolute atomic E-state index is 0.187. The van der Waals surface area contributed by atoms with Gasteiger partial charge in [-0.25, -0.2) is 0 Å². The molecule has 0 spiro atoms. The van der Waals surface area contributed by atoms with Gasteiger partial charge in [-0.1, -0.05) is 37.6 Å². The largest absolute Gasteiger partial charge is 0.497 e. The molecule has 0 aliphatic carbocycles. The van der Waals surface area contributed by atoms with Crippen molar-refractivity contribution in [3.8, 4) is 11.5 Å². The van der Waals surface area contributed by atoms with Crippen molar-refractivity contribution in [3.05, 3.63) is 65.7 Å². The average molecular weight is 440 g/mol. The molecule has 2 aromatic rings. The van der Waals surface area contributed by atoms with Crippen LogP contribution in [0.4, 0.5) is 5.69 Å². The summed E-state index contributed by atoms with van der Waals surface area (Å²) in [6.45, 7) is 10.3. The monoisotopic (exact) mass is 439 g/mol. The van der Waals surface area contributed by atoms with Gasteiger partial charge in [0.2, 0.25) is 0 Å². The molecule has 0 amide bonds. The molecule has 0 saturated heterocycles. The first kappa shape index (κ1) is 24.1. The molecule has 0 aromatic heterocycles. The number of anilines is 1. The summed E-state index contributed by atoms with van der Waals surface area (Å²) in [7, 11) is 1.68. The van der Waals surface area contributed by atoms with E-state index < -0.39 is 5.60 Å². The fourth-order valence-electron chi connectivity index (χ4n) is 3.87. The van der Waals surface area contributed by atoms with Crippen LogP contribution in [0.5, 0.6) is 11.5 Å². The summed E-state index contributed by atoms with van der Waals surface area (Å²) in [6, 6.07) is 14.3. The molecule has 2 unspecified atom stereocenters. The Morgan fingerprint density at radius 3 is 2.56 bits per heavy atom. The zero-order chi connectivity index (χ0) is 23.0. The normalized spacial score (nSPS) is 19.4. The number of rotatable bonds is 11. The molecule has 1 N–H and O–H groups in total. The van der Waals surface area contributed by atoms with Crippen molar-refractivity contribution in [2.24, 2.45) is 0 Å². The number of benzene rings is 2. The van der Waals surface area contributed by atoms with Crippen molar-refractivity contribution in [2.45, 2.75) is 64.9 Å². The first-order valence-electron chi connectivity index (χ1n) is 11.5. The Kier molecular flexibility index (Phi) is 8.60. The maximum Gasteiger partial charge on any atom is 0.132 e. The van der Waals surface area contributed by atoms with Crippen LogP contribution in [-0.4, -0.2) is 32.0 Å². The first-order chi connectivity index (χ1) is 15.5. The highest BCUT2D eigenvalue weighted by atomic mass is 16.6. The van der Waals surface area contributed by atoms with Gasteiger partial charge in [-0.3, -0.25) is 0 Å². The Bertz CT molecular complexity index is 876. The van der Waals surface area contributed by atoms with Gasteiger partial charge >= 0.3 is 0 Å². The summed E-state index contributed by atoms with van der Waals surface area (Å²) in [5.74, 6) is 1.72. The number of nitrogens with one attached hydrogen (secondary N) is 1. The molecule has 1 aliphatic heterocycles. The predicted octanol–water partition coefficient (Wildman–Crippen LogP) is 6.30. The third-order valence-corrected chi connectivity index (χ3v) is 5.71. The molecule has 1 aliphatic rings. The molecule has 0 bridgehead atoms. The van der Waals surface area contributed by atoms with E-state index in [1.54, 1.807) is 7.11 Å². The molecular formula is C27H37NO4. The van der Waals surface area contributed by atoms with E-state index in [9.17, 15) is 0 Å². The van der Waals surface area contributed by atoms with Gasteiger partial charge < -0.3 is 24.3 Å². The van der Waals surface area contributed by atoms with Crippen LogP contribution in [0.2, 0.25) is 0 Å². The molecule has 174 valence electrons. The summed E-state index contributed by atoms with van der Waals surface area (Å²) >= 11 is 0. The van der Waals surface area contributed by atoms with Crippen LogP contribution >= 0.6 is 0 Å². The van der Waals surface area contributed by atoms with Gasteiger partial charge in [-0.2, -0.15) is 0 Å². The quantitative estimate of drug-likeness (QED) is 0.329. The number of fused-ring (bicyclic) bond motifs is 1. The molecule has 0 radical (unpaired) electrons. The molecule has 0 fully saturated rings. The smallest absolute Gasteiger partial charge is 0.132 e. The van der Waals surface area contributed by atoms with Crippen LogP contribution in [0.1, 0.15) is 57.8 Å². The van der Waals surface area contributed by atoms with Crippen molar-refractivity contribution < 1.29 is 18.9 Å². The van der Waals surface area contributed by atoms with Crippen molar-refractivity contribution in [1.82, 2.24) is 0 Å². The van der Waals surface area contributed by atoms with E-state index in [0.29, 0.717) is 13.2 Å². The lowest BCUT2D eigenvalue weighted by molar-refractivity contribution is -0.157. The van der Waals surface area contributed by atoms with E-state index in [2.05, 4.69) is 50.4 Å². The Hall–Kier alpha value is -2.50. The van der Waals surface area contributed by atoms with Crippen molar-refractivity contribution in [1.29, 1.82) is 0 Å². The average Bonchev–Trinajstić information content (AvgIpc) is 2.79. The van der Waals surface area contributed by atoms with Gasteiger partial charge in [0.25, 0.3) is 0 Å². The van der Waals surface area contributed by atoms with Crippen LogP contribution in [0.15, 0.2) is 54.6 Å². The van der Waals surface area contributed by atoms with Crippen LogP contribution in [0.3, 0.4) is 0 Å². The summed E-state index contributed by atoms with van der Waals surface area (Å²) in [4.78, 5) is 0. The SMILES string of the molecule is CC=CCOC1C(OCCCC)c2cc(NCc3ccc(OC)cc3)ccc2OC1(C)C. The standard InChI is InChI=1S/C27H37NO4/c1-6-8-16-30-25-23-18-21(28-19-20-10-13-22(29-5)14-11-20)12-15-24(23)32-27(3,4)26(25)31-17-9-7-2/h7,9-15,18,25-26,28H,6,8,16-17,19H2,1-5H3. The van der Waals surface area contributed by atoms with Crippen LogP contribution in [0.25, 0.3) is 0 Å². The maximum absolute atomic E-state index is 6.40. The van der Waals surface area contributed by atoms with Crippen LogP contribution in [-0.2, 0) is 16.0 Å². The topological polar surface area (TPSA) is 49.0 Å². The molecular weight excluding hydrogens is 402 g/mol. The number of allylic oxidation sites excluding steroid dienone is 1. The summed E-state index contributed by atoms with van der Waals surface area (Å²) in [5, 5.41) is 3.52. The molecule has 2 atom stereocenters. The van der Waals surface area contributed by atoms with E-state index in [4.69, 9.17) is 18.9 Å². The molecule has 3 rings (SSSR count). The van der Waals surface area contributed by atoms with Crippen molar-refractivity contribution in [3.63, 3.8) is 0 Å². The highest BCUT2D eigenvalue weighted by Crippen LogP contribution is 2.44. The molecule has 1 heterocycles. The number of hydrogen-bond donors (Lipinski definition) is 1. The Morgan fingerprint density at radius 2 is 1.88 bits per heavy atom. The van der Waals surface area contributed by atoms with E-state index >= 15 is 0 Å². The molecule has 2 aromatic carbocycles. The van der Waals surface area contributed by atoms with Gasteiger partial charge in [0.1, 0.15) is 29.3 Å². The van der Waals surface area contributed by atoms with Crippen LogP contribution in [0, 0.1) is 0 Å². The highest BCUT2D eigenvalue weighted by Gasteiger charge is 2.45. The molecule has 5 heteroatoms. The fourth-order valence-corrected chi connectivity index (χ4v) is 3.87. The molecule has 0 saturated carbocycles. The lowest BCUT2D eigenvalue weighted by Gasteiger charge is -2.44. The Labute approximate surface area is 192 Å². The zero-order valence-electron chi connectivity index (χ0n) is 20.0. The zero-order valence-corrected chi connectivity index (χ0v) is 20.0. The van der Waals surface area contributed by atoms with Crippen molar-refractivity contribution in [2.75, 3.05) is 25.6 Å². The van der Waals surface area contributed by atoms with Crippen molar-refractivity contribution >= 4 is 5.69 Å². The Balaban J connectivity index is 1.82. The lowest BCUT2D eigenvalue weighted by Crippen LogP contribution is -2.51. The van der Waals surface area contributed by atoms with E-state index in [0.717, 1.165) is 42.1 Å². The minimum atomic E-state index is -0.497. The van der Waals surface area contributed by atoms with Crippen LogP contribution < -0.4 is 14.8 Å². The second-order valence-electron chi connectivity index (χ2n) is 8.63. The van der Waals surface area contributed by atoms with Gasteiger partial charge in [-0.15, -0.1) is 0 Å². The first-order valence-corrected chi connectivity index (χ1v) is 11.5. The second kappa shape index (κ2) is 11.4. The van der Waals surface area contributed by atoms with Gasteiger partial charge in [0.05, 0.1) is 13.7 Å². The molecule has 5 nitrogen and oxygen atoms in total. The second-order valence-corrected chi connectivity index (χ2v) is 8.63. The minimum Gasteiger partial charge on any atom is -0.497 e. The Morgan fingerprint density at radius 1 is 1.09 bits per heavy atom. The summed E-state index contributed by atoms with van der Waals surface area (Å²) in [6.07, 6.45) is 5.73. The highest BCUT2D eigenvalue weighted by molar-refractivity contribution is 5.54. The van der Waals surface area contributed by atoms with E-state index in [1.807, 2.05) is 37.3 Å². The summed E-state index contributed by atoms with van der Waals surface area (Å²) in [5.41, 5.74) is 2.75. The van der Waals surface area contributed by atoms with E-state index in [-0.39, 0.29) is 12.2 Å². The number of hydrogen-bond acceptors (Lipinski definition) is 5. The third-order valence-electron chi connectivity index (χ3n) is 5.71. The summed E-state index contributed by atoms with van der Waals surface area (Å²) < 4.78 is 24.3. The molecule has 32 heavy (non-hydrogen) atoms. The lowest BCUT2D eigenvalue weighted by atomic mass is 9.87.